The maximum absolute atomic E-state index is 12.7. The number of sulfone groups is 1. The minimum absolute atomic E-state index is 0.0315. The third-order valence-corrected chi connectivity index (χ3v) is 6.97. The van der Waals surface area contributed by atoms with E-state index in [0.717, 1.165) is 0 Å². The lowest BCUT2D eigenvalue weighted by atomic mass is 9.93. The molecule has 1 aliphatic carbocycles. The van der Waals surface area contributed by atoms with Gasteiger partial charge in [0.1, 0.15) is 5.76 Å². The van der Waals surface area contributed by atoms with E-state index in [4.69, 9.17) is 9.47 Å². The molecule has 1 unspecified atom stereocenters. The summed E-state index contributed by atoms with van der Waals surface area (Å²) in [5, 5.41) is 0. The zero-order valence-corrected chi connectivity index (χ0v) is 16.6. The summed E-state index contributed by atoms with van der Waals surface area (Å²) >= 11 is 0. The van der Waals surface area contributed by atoms with Crippen LogP contribution in [0.5, 0.6) is 0 Å². The summed E-state index contributed by atoms with van der Waals surface area (Å²) < 4.78 is 36.4. The molecule has 0 bridgehead atoms. The van der Waals surface area contributed by atoms with Gasteiger partial charge in [-0.05, 0) is 50.8 Å². The number of carbonyl (C=O) groups is 2. The van der Waals surface area contributed by atoms with E-state index in [-0.39, 0.29) is 22.5 Å². The molecule has 1 aromatic carbocycles. The lowest BCUT2D eigenvalue weighted by Crippen LogP contribution is -2.25. The Morgan fingerprint density at radius 2 is 2.00 bits per heavy atom. The summed E-state index contributed by atoms with van der Waals surface area (Å²) in [5.74, 6) is -0.230. The molecule has 0 aromatic heterocycles. The van der Waals surface area contributed by atoms with E-state index in [1.54, 1.807) is 19.9 Å². The molecule has 0 fully saturated rings. The van der Waals surface area contributed by atoms with Crippen LogP contribution < -0.4 is 0 Å². The monoisotopic (exact) mass is 392 g/mol. The van der Waals surface area contributed by atoms with Crippen LogP contribution in [0.15, 0.2) is 22.8 Å². The highest BCUT2D eigenvalue weighted by atomic mass is 32.2. The van der Waals surface area contributed by atoms with Gasteiger partial charge in [-0.1, -0.05) is 0 Å². The second-order valence-electron chi connectivity index (χ2n) is 6.98. The topological polar surface area (TPSA) is 86.7 Å². The van der Waals surface area contributed by atoms with Crippen LogP contribution in [0, 0.1) is 13.8 Å². The number of hydrogen-bond acceptors (Lipinski definition) is 6. The number of ether oxygens (including phenoxy) is 2. The molecule has 1 atom stereocenters. The number of esters is 1. The molecule has 1 heterocycles. The van der Waals surface area contributed by atoms with Crippen molar-refractivity contribution in [2.45, 2.75) is 57.5 Å². The lowest BCUT2D eigenvalue weighted by molar-refractivity contribution is -0.115. The Bertz CT molecular complexity index is 926. The van der Waals surface area contributed by atoms with Crippen LogP contribution in [0.1, 0.15) is 65.8 Å². The quantitative estimate of drug-likeness (QED) is 0.731. The van der Waals surface area contributed by atoms with Crippen LogP contribution in [0.2, 0.25) is 0 Å². The Balaban J connectivity index is 2.05. The first-order chi connectivity index (χ1) is 12.7. The SMILES string of the molecule is CCOC1CCS(=O)(=O)c2c(C)cc(C(=O)OC3=CC(=O)CCC3)c(C)c21. The van der Waals surface area contributed by atoms with Crippen molar-refractivity contribution in [3.63, 3.8) is 0 Å². The maximum Gasteiger partial charge on any atom is 0.343 e. The first-order valence-electron chi connectivity index (χ1n) is 9.18. The lowest BCUT2D eigenvalue weighted by Gasteiger charge is -2.29. The molecule has 146 valence electrons. The van der Waals surface area contributed by atoms with Crippen molar-refractivity contribution in [3.8, 4) is 0 Å². The molecule has 0 saturated carbocycles. The summed E-state index contributed by atoms with van der Waals surface area (Å²) in [6, 6.07) is 1.56. The van der Waals surface area contributed by atoms with E-state index in [9.17, 15) is 18.0 Å². The molecule has 0 N–H and O–H groups in total. The predicted molar refractivity (Wildman–Crippen MR) is 99.3 cm³/mol. The molecule has 0 saturated heterocycles. The van der Waals surface area contributed by atoms with Gasteiger partial charge >= 0.3 is 5.97 Å². The normalized spacial score (nSPS) is 21.4. The van der Waals surface area contributed by atoms with Gasteiger partial charge in [0.15, 0.2) is 15.6 Å². The average Bonchev–Trinajstić information content (AvgIpc) is 2.59. The molecule has 27 heavy (non-hydrogen) atoms. The Hall–Kier alpha value is -1.99. The van der Waals surface area contributed by atoms with Crippen molar-refractivity contribution in [2.24, 2.45) is 0 Å². The molecule has 7 heteroatoms. The zero-order chi connectivity index (χ0) is 19.8. The molecule has 0 radical (unpaired) electrons. The van der Waals surface area contributed by atoms with Crippen molar-refractivity contribution in [2.75, 3.05) is 12.4 Å². The molecule has 3 rings (SSSR count). The third kappa shape index (κ3) is 3.84. The largest absolute Gasteiger partial charge is 0.427 e. The summed E-state index contributed by atoms with van der Waals surface area (Å²) in [4.78, 5) is 24.6. The first-order valence-corrected chi connectivity index (χ1v) is 10.8. The fraction of sp³-hybridized carbons (Fsp3) is 0.500. The van der Waals surface area contributed by atoms with E-state index in [1.165, 1.54) is 6.08 Å². The van der Waals surface area contributed by atoms with Crippen molar-refractivity contribution in [1.82, 2.24) is 0 Å². The molecule has 2 aliphatic rings. The van der Waals surface area contributed by atoms with E-state index in [1.807, 2.05) is 6.92 Å². The minimum Gasteiger partial charge on any atom is -0.427 e. The molecular formula is C20H24O6S. The fourth-order valence-corrected chi connectivity index (χ4v) is 5.72. The molecular weight excluding hydrogens is 368 g/mol. The highest BCUT2D eigenvalue weighted by molar-refractivity contribution is 7.91. The maximum atomic E-state index is 12.7. The van der Waals surface area contributed by atoms with Crippen LogP contribution in [-0.4, -0.2) is 32.5 Å². The van der Waals surface area contributed by atoms with E-state index < -0.39 is 15.8 Å². The van der Waals surface area contributed by atoms with Gasteiger partial charge in [0.25, 0.3) is 0 Å². The van der Waals surface area contributed by atoms with E-state index in [2.05, 4.69) is 0 Å². The first kappa shape index (κ1) is 19.8. The summed E-state index contributed by atoms with van der Waals surface area (Å²) in [6.45, 7) is 5.72. The zero-order valence-electron chi connectivity index (χ0n) is 15.8. The fourth-order valence-electron chi connectivity index (χ4n) is 3.82. The van der Waals surface area contributed by atoms with Crippen molar-refractivity contribution in [1.29, 1.82) is 0 Å². The molecule has 1 aliphatic heterocycles. The number of allylic oxidation sites excluding steroid dienone is 2. The van der Waals surface area contributed by atoms with Gasteiger partial charge in [-0.15, -0.1) is 0 Å². The smallest absolute Gasteiger partial charge is 0.343 e. The van der Waals surface area contributed by atoms with Gasteiger partial charge in [-0.25, -0.2) is 13.2 Å². The second kappa shape index (κ2) is 7.56. The van der Waals surface area contributed by atoms with Crippen LogP contribution in [-0.2, 0) is 24.1 Å². The van der Waals surface area contributed by atoms with Gasteiger partial charge in [0.2, 0.25) is 0 Å². The molecule has 0 spiro atoms. The highest BCUT2D eigenvalue weighted by Crippen LogP contribution is 2.40. The Labute approximate surface area is 159 Å². The van der Waals surface area contributed by atoms with Gasteiger partial charge in [-0.2, -0.15) is 0 Å². The second-order valence-corrected chi connectivity index (χ2v) is 9.03. The van der Waals surface area contributed by atoms with Crippen molar-refractivity contribution >= 4 is 21.6 Å². The van der Waals surface area contributed by atoms with Crippen LogP contribution in [0.4, 0.5) is 0 Å². The number of carbonyl (C=O) groups excluding carboxylic acids is 2. The molecule has 6 nitrogen and oxygen atoms in total. The van der Waals surface area contributed by atoms with Crippen molar-refractivity contribution in [3.05, 3.63) is 40.2 Å². The Morgan fingerprint density at radius 3 is 2.67 bits per heavy atom. The van der Waals surface area contributed by atoms with Crippen LogP contribution in [0.25, 0.3) is 0 Å². The third-order valence-electron chi connectivity index (χ3n) is 5.03. The number of benzene rings is 1. The van der Waals surface area contributed by atoms with Crippen molar-refractivity contribution < 1.29 is 27.5 Å². The van der Waals surface area contributed by atoms with Gasteiger partial charge in [0.05, 0.1) is 22.3 Å². The van der Waals surface area contributed by atoms with E-state index >= 15 is 0 Å². The van der Waals surface area contributed by atoms with Crippen LogP contribution >= 0.6 is 0 Å². The Morgan fingerprint density at radius 1 is 1.26 bits per heavy atom. The van der Waals surface area contributed by atoms with Gasteiger partial charge < -0.3 is 9.47 Å². The number of rotatable bonds is 4. The van der Waals surface area contributed by atoms with Gasteiger partial charge in [-0.3, -0.25) is 4.79 Å². The average molecular weight is 392 g/mol. The molecule has 1 aromatic rings. The minimum atomic E-state index is -3.41. The number of aryl methyl sites for hydroxylation is 1. The molecule has 0 amide bonds. The van der Waals surface area contributed by atoms with Gasteiger partial charge in [0, 0.05) is 31.1 Å². The highest BCUT2D eigenvalue weighted by Gasteiger charge is 2.35. The predicted octanol–water partition coefficient (Wildman–Crippen LogP) is 3.35. The summed E-state index contributed by atoms with van der Waals surface area (Å²) in [6.07, 6.45) is 3.03. The van der Waals surface area contributed by atoms with E-state index in [0.29, 0.717) is 60.3 Å². The standard InChI is InChI=1S/C20H24O6S/c1-4-25-17-8-9-27(23,24)19-12(2)10-16(13(3)18(17)19)20(22)26-15-7-5-6-14(21)11-15/h10-11,17H,4-9H2,1-3H3. The number of hydrogen-bond donors (Lipinski definition) is 0. The number of ketones is 1. The summed E-state index contributed by atoms with van der Waals surface area (Å²) in [5.41, 5.74) is 1.95. The van der Waals surface area contributed by atoms with Crippen LogP contribution in [0.3, 0.4) is 0 Å². The number of fused-ring (bicyclic) bond motifs is 1. The summed E-state index contributed by atoms with van der Waals surface area (Å²) in [7, 11) is -3.41. The Kier molecular flexibility index (Phi) is 5.53.